The van der Waals surface area contributed by atoms with Gasteiger partial charge in [-0.1, -0.05) is 30.3 Å². The van der Waals surface area contributed by atoms with Gasteiger partial charge in [-0.15, -0.1) is 0 Å². The van der Waals surface area contributed by atoms with Crippen molar-refractivity contribution in [1.82, 2.24) is 0 Å². The molecule has 1 unspecified atom stereocenters. The molecule has 72 valence electrons. The van der Waals surface area contributed by atoms with Gasteiger partial charge in [0.05, 0.1) is 0 Å². The van der Waals surface area contributed by atoms with E-state index in [4.69, 9.17) is 14.9 Å². The van der Waals surface area contributed by atoms with Crippen LogP contribution in [0, 0.1) is 0 Å². The van der Waals surface area contributed by atoms with Gasteiger partial charge in [-0.25, -0.2) is 0 Å². The highest BCUT2D eigenvalue weighted by Gasteiger charge is 2.20. The molecular formula is C9H15NO2Si. The van der Waals surface area contributed by atoms with Crippen LogP contribution in [0.1, 0.15) is 0 Å². The van der Waals surface area contributed by atoms with Gasteiger partial charge in [-0.3, -0.25) is 0 Å². The highest BCUT2D eigenvalue weighted by Crippen LogP contribution is 1.94. The van der Waals surface area contributed by atoms with Crippen LogP contribution >= 0.6 is 0 Å². The van der Waals surface area contributed by atoms with E-state index in [9.17, 15) is 0 Å². The summed E-state index contributed by atoms with van der Waals surface area (Å²) in [5.74, 6) is -0.248. The topological polar surface area (TPSA) is 44.5 Å². The van der Waals surface area contributed by atoms with Gasteiger partial charge in [0.2, 0.25) is 8.96 Å². The van der Waals surface area contributed by atoms with Gasteiger partial charge >= 0.3 is 0 Å². The molecule has 1 atom stereocenters. The summed E-state index contributed by atoms with van der Waals surface area (Å²) in [6.45, 7) is 0. The zero-order valence-corrected chi connectivity index (χ0v) is 9.09. The number of hydrogen-bond acceptors (Lipinski definition) is 3. The van der Waals surface area contributed by atoms with Gasteiger partial charge < -0.3 is 14.9 Å². The molecule has 0 aliphatic heterocycles. The van der Waals surface area contributed by atoms with Crippen LogP contribution in [-0.2, 0) is 9.47 Å². The molecule has 1 aromatic rings. The summed E-state index contributed by atoms with van der Waals surface area (Å²) in [4.78, 5) is 0. The predicted octanol–water partition coefficient (Wildman–Crippen LogP) is -0.266. The van der Waals surface area contributed by atoms with Crippen molar-refractivity contribution in [3.8, 4) is 0 Å². The highest BCUT2D eigenvalue weighted by molar-refractivity contribution is 6.71. The van der Waals surface area contributed by atoms with E-state index < -0.39 is 8.96 Å². The molecule has 0 bridgehead atoms. The van der Waals surface area contributed by atoms with Gasteiger partial charge in [0.25, 0.3) is 0 Å². The molecule has 0 aliphatic carbocycles. The van der Waals surface area contributed by atoms with E-state index in [2.05, 4.69) is 0 Å². The average molecular weight is 197 g/mol. The van der Waals surface area contributed by atoms with Crippen LogP contribution in [0.3, 0.4) is 0 Å². The first kappa shape index (κ1) is 10.4. The van der Waals surface area contributed by atoms with Gasteiger partial charge in [0.15, 0.2) is 5.91 Å². The molecule has 0 radical (unpaired) electrons. The minimum absolute atomic E-state index is 0.248. The number of nitrogens with two attached hydrogens (primary N) is 1. The van der Waals surface area contributed by atoms with Gasteiger partial charge in [0, 0.05) is 14.2 Å². The Morgan fingerprint density at radius 1 is 1.15 bits per heavy atom. The maximum atomic E-state index is 6.05. The van der Waals surface area contributed by atoms with E-state index in [0.29, 0.717) is 0 Å². The molecule has 4 heteroatoms. The van der Waals surface area contributed by atoms with E-state index in [1.165, 1.54) is 0 Å². The zero-order valence-electron chi connectivity index (χ0n) is 7.94. The fraction of sp³-hybridized carbons (Fsp3) is 0.333. The Labute approximate surface area is 80.2 Å². The van der Waals surface area contributed by atoms with Crippen molar-refractivity contribution in [1.29, 1.82) is 0 Å². The van der Waals surface area contributed by atoms with E-state index in [0.717, 1.165) is 5.19 Å². The Kier molecular flexibility index (Phi) is 4.11. The molecular weight excluding hydrogens is 182 g/mol. The third kappa shape index (κ3) is 2.63. The normalized spacial score (nSPS) is 13.2. The molecule has 1 aromatic carbocycles. The summed E-state index contributed by atoms with van der Waals surface area (Å²) >= 11 is 0. The molecule has 0 saturated carbocycles. The molecule has 2 N–H and O–H groups in total. The van der Waals surface area contributed by atoms with Crippen LogP contribution in [0.5, 0.6) is 0 Å². The first-order valence-corrected chi connectivity index (χ1v) is 6.06. The molecule has 1 rings (SSSR count). The van der Waals surface area contributed by atoms with Gasteiger partial charge in [0.1, 0.15) is 0 Å². The summed E-state index contributed by atoms with van der Waals surface area (Å²) in [7, 11) is 1.61. The number of hydrogen-bond donors (Lipinski definition) is 1. The highest BCUT2D eigenvalue weighted by atomic mass is 28.3. The monoisotopic (exact) mass is 197 g/mol. The lowest BCUT2D eigenvalue weighted by Gasteiger charge is -2.19. The number of ether oxygens (including phenoxy) is 2. The van der Waals surface area contributed by atoms with Gasteiger partial charge in [-0.2, -0.15) is 0 Å². The Hall–Kier alpha value is -0.683. The standard InChI is InChI=1S/C9H15NO2Si/c1-11-9(12-2)13(10)8-6-4-3-5-7-8/h3-7,9,13H,10H2,1-2H3. The first-order chi connectivity index (χ1) is 6.29. The summed E-state index contributed by atoms with van der Waals surface area (Å²) in [5.41, 5.74) is 0. The molecule has 0 aliphatic rings. The molecule has 0 aromatic heterocycles. The minimum atomic E-state index is -1.62. The lowest BCUT2D eigenvalue weighted by atomic mass is 10.4. The maximum Gasteiger partial charge on any atom is 0.203 e. The van der Waals surface area contributed by atoms with Crippen molar-refractivity contribution < 1.29 is 9.47 Å². The minimum Gasteiger partial charge on any atom is -0.358 e. The fourth-order valence-electron chi connectivity index (χ4n) is 1.22. The zero-order chi connectivity index (χ0) is 9.68. The summed E-state index contributed by atoms with van der Waals surface area (Å²) in [5, 5.41) is 7.20. The predicted molar refractivity (Wildman–Crippen MR) is 55.2 cm³/mol. The Morgan fingerprint density at radius 2 is 1.69 bits per heavy atom. The van der Waals surface area contributed by atoms with Crippen LogP contribution in [0.4, 0.5) is 0 Å². The molecule has 0 heterocycles. The average Bonchev–Trinajstić information content (AvgIpc) is 2.21. The smallest absolute Gasteiger partial charge is 0.203 e. The van der Waals surface area contributed by atoms with Crippen LogP contribution in [0.25, 0.3) is 0 Å². The molecule has 0 spiro atoms. The first-order valence-electron chi connectivity index (χ1n) is 4.15. The van der Waals surface area contributed by atoms with Crippen molar-refractivity contribution in [2.24, 2.45) is 5.40 Å². The lowest BCUT2D eigenvalue weighted by molar-refractivity contribution is -0.0461. The van der Waals surface area contributed by atoms with Gasteiger partial charge in [-0.05, 0) is 5.19 Å². The van der Waals surface area contributed by atoms with Crippen LogP contribution in [0.2, 0.25) is 0 Å². The summed E-state index contributed by atoms with van der Waals surface area (Å²) < 4.78 is 10.3. The summed E-state index contributed by atoms with van der Waals surface area (Å²) in [6.07, 6.45) is 0. The Morgan fingerprint density at radius 3 is 2.15 bits per heavy atom. The van der Waals surface area contributed by atoms with E-state index in [1.807, 2.05) is 30.3 Å². The molecule has 13 heavy (non-hydrogen) atoms. The third-order valence-corrected chi connectivity index (χ3v) is 4.23. The fourth-order valence-corrected chi connectivity index (χ4v) is 2.79. The Bertz CT molecular complexity index is 239. The molecule has 0 amide bonds. The third-order valence-electron chi connectivity index (χ3n) is 1.94. The van der Waals surface area contributed by atoms with Crippen molar-refractivity contribution in [2.75, 3.05) is 14.2 Å². The largest absolute Gasteiger partial charge is 0.358 e. The number of rotatable bonds is 4. The van der Waals surface area contributed by atoms with Crippen LogP contribution in [-0.4, -0.2) is 29.1 Å². The Balaban J connectivity index is 2.72. The van der Waals surface area contributed by atoms with Crippen molar-refractivity contribution in [3.05, 3.63) is 30.3 Å². The number of benzene rings is 1. The quantitative estimate of drug-likeness (QED) is 0.534. The van der Waals surface area contributed by atoms with Crippen LogP contribution < -0.4 is 10.6 Å². The maximum absolute atomic E-state index is 6.05. The summed E-state index contributed by atoms with van der Waals surface area (Å²) in [6, 6.07) is 9.96. The molecule has 0 saturated heterocycles. The lowest BCUT2D eigenvalue weighted by Crippen LogP contribution is -2.52. The van der Waals surface area contributed by atoms with Crippen molar-refractivity contribution in [3.63, 3.8) is 0 Å². The van der Waals surface area contributed by atoms with E-state index in [1.54, 1.807) is 14.2 Å². The SMILES string of the molecule is COC(OC)[SiH](N)c1ccccc1. The second kappa shape index (κ2) is 5.13. The second-order valence-electron chi connectivity index (χ2n) is 2.78. The number of methoxy groups -OCH3 is 2. The van der Waals surface area contributed by atoms with E-state index >= 15 is 0 Å². The molecule has 3 nitrogen and oxygen atoms in total. The second-order valence-corrected chi connectivity index (χ2v) is 5.04. The van der Waals surface area contributed by atoms with Crippen molar-refractivity contribution >= 4 is 14.1 Å². The van der Waals surface area contributed by atoms with E-state index in [-0.39, 0.29) is 5.91 Å². The van der Waals surface area contributed by atoms with Crippen LogP contribution in [0.15, 0.2) is 30.3 Å². The molecule has 0 fully saturated rings. The van der Waals surface area contributed by atoms with Crippen molar-refractivity contribution in [2.45, 2.75) is 5.91 Å².